The van der Waals surface area contributed by atoms with E-state index in [1.54, 1.807) is 12.5 Å². The van der Waals surface area contributed by atoms with Crippen LogP contribution in [0.25, 0.3) is 0 Å². The minimum atomic E-state index is -0.0957. The van der Waals surface area contributed by atoms with Crippen LogP contribution >= 0.6 is 0 Å². The van der Waals surface area contributed by atoms with E-state index < -0.39 is 0 Å². The number of hydrogen-bond acceptors (Lipinski definition) is 3. The second-order valence-corrected chi connectivity index (χ2v) is 5.22. The van der Waals surface area contributed by atoms with Crippen LogP contribution in [-0.4, -0.2) is 46.0 Å². The van der Waals surface area contributed by atoms with Crippen LogP contribution in [0.2, 0.25) is 0 Å². The number of imidazole rings is 1. The van der Waals surface area contributed by atoms with E-state index in [1.165, 1.54) is 12.8 Å². The van der Waals surface area contributed by atoms with E-state index in [-0.39, 0.29) is 11.9 Å². The van der Waals surface area contributed by atoms with Crippen molar-refractivity contribution in [1.29, 1.82) is 0 Å². The van der Waals surface area contributed by atoms with Gasteiger partial charge in [0, 0.05) is 38.6 Å². The summed E-state index contributed by atoms with van der Waals surface area (Å²) in [7, 11) is 0. The molecule has 2 rings (SSSR count). The molecule has 1 saturated heterocycles. The van der Waals surface area contributed by atoms with Crippen molar-refractivity contribution >= 4 is 5.91 Å². The SMILES string of the molecule is CC(NCCn1ccnc1)C(=O)N1CCCCCC1. The molecule has 106 valence electrons. The molecule has 0 aromatic carbocycles. The Bertz CT molecular complexity index is 369. The number of aromatic nitrogens is 2. The molecule has 1 aliphatic rings. The van der Waals surface area contributed by atoms with Gasteiger partial charge in [-0.25, -0.2) is 4.98 Å². The van der Waals surface area contributed by atoms with Crippen LogP contribution in [0.1, 0.15) is 32.6 Å². The van der Waals surface area contributed by atoms with Crippen molar-refractivity contribution in [2.75, 3.05) is 19.6 Å². The lowest BCUT2D eigenvalue weighted by Gasteiger charge is -2.24. The third-order valence-corrected chi connectivity index (χ3v) is 3.67. The van der Waals surface area contributed by atoms with Gasteiger partial charge in [0.25, 0.3) is 0 Å². The molecule has 0 radical (unpaired) electrons. The van der Waals surface area contributed by atoms with Crippen molar-refractivity contribution in [1.82, 2.24) is 19.8 Å². The maximum Gasteiger partial charge on any atom is 0.239 e. The molecule has 1 aromatic heterocycles. The van der Waals surface area contributed by atoms with E-state index in [1.807, 2.05) is 22.6 Å². The molecule has 1 fully saturated rings. The summed E-state index contributed by atoms with van der Waals surface area (Å²) in [5.74, 6) is 0.243. The summed E-state index contributed by atoms with van der Waals surface area (Å²) in [6.45, 7) is 5.44. The van der Waals surface area contributed by atoms with Gasteiger partial charge in [-0.15, -0.1) is 0 Å². The smallest absolute Gasteiger partial charge is 0.239 e. The Hall–Kier alpha value is -1.36. The van der Waals surface area contributed by atoms with Gasteiger partial charge in [0.1, 0.15) is 0 Å². The average Bonchev–Trinajstić information content (AvgIpc) is 2.78. The molecule has 0 spiro atoms. The molecule has 5 heteroatoms. The number of hydrogen-bond donors (Lipinski definition) is 1. The van der Waals surface area contributed by atoms with Crippen molar-refractivity contribution < 1.29 is 4.79 Å². The summed E-state index contributed by atoms with van der Waals surface area (Å²) in [6.07, 6.45) is 10.3. The molecule has 1 atom stereocenters. The van der Waals surface area contributed by atoms with Crippen LogP contribution in [0.3, 0.4) is 0 Å². The van der Waals surface area contributed by atoms with E-state index in [0.717, 1.165) is 39.0 Å². The Kier molecular flexibility index (Phi) is 5.39. The average molecular weight is 264 g/mol. The van der Waals surface area contributed by atoms with Gasteiger partial charge in [0.2, 0.25) is 5.91 Å². The predicted octanol–water partition coefficient (Wildman–Crippen LogP) is 1.26. The zero-order valence-electron chi connectivity index (χ0n) is 11.7. The molecular weight excluding hydrogens is 240 g/mol. The Labute approximate surface area is 115 Å². The standard InChI is InChI=1S/C14H24N4O/c1-13(16-7-11-17-10-6-15-12-17)14(19)18-8-4-2-3-5-9-18/h6,10,12-13,16H,2-5,7-9,11H2,1H3. The minimum absolute atomic E-state index is 0.0957. The van der Waals surface area contributed by atoms with E-state index in [9.17, 15) is 4.79 Å². The molecule has 5 nitrogen and oxygen atoms in total. The maximum absolute atomic E-state index is 12.3. The molecular formula is C14H24N4O. The molecule has 1 N–H and O–H groups in total. The number of nitrogens with zero attached hydrogens (tertiary/aromatic N) is 3. The third-order valence-electron chi connectivity index (χ3n) is 3.67. The number of amides is 1. The summed E-state index contributed by atoms with van der Waals surface area (Å²) < 4.78 is 2.01. The van der Waals surface area contributed by atoms with Gasteiger partial charge < -0.3 is 14.8 Å². The normalized spacial score (nSPS) is 18.1. The first-order valence-corrected chi connectivity index (χ1v) is 7.25. The molecule has 0 bridgehead atoms. The first-order chi connectivity index (χ1) is 9.27. The highest BCUT2D eigenvalue weighted by molar-refractivity contribution is 5.81. The predicted molar refractivity (Wildman–Crippen MR) is 74.7 cm³/mol. The summed E-state index contributed by atoms with van der Waals surface area (Å²) in [5.41, 5.74) is 0. The molecule has 19 heavy (non-hydrogen) atoms. The van der Waals surface area contributed by atoms with E-state index in [4.69, 9.17) is 0 Å². The van der Waals surface area contributed by atoms with Crippen LogP contribution in [0.4, 0.5) is 0 Å². The van der Waals surface area contributed by atoms with Crippen LogP contribution in [0, 0.1) is 0 Å². The fraction of sp³-hybridized carbons (Fsp3) is 0.714. The number of nitrogens with one attached hydrogen (secondary N) is 1. The maximum atomic E-state index is 12.3. The van der Waals surface area contributed by atoms with Gasteiger partial charge in [0.15, 0.2) is 0 Å². The zero-order valence-corrected chi connectivity index (χ0v) is 11.7. The molecule has 1 aliphatic heterocycles. The van der Waals surface area contributed by atoms with Gasteiger partial charge in [-0.1, -0.05) is 12.8 Å². The lowest BCUT2D eigenvalue weighted by Crippen LogP contribution is -2.46. The fourth-order valence-electron chi connectivity index (χ4n) is 2.48. The Morgan fingerprint density at radius 3 is 2.68 bits per heavy atom. The molecule has 1 unspecified atom stereocenters. The van der Waals surface area contributed by atoms with E-state index in [0.29, 0.717) is 0 Å². The van der Waals surface area contributed by atoms with Gasteiger partial charge in [-0.2, -0.15) is 0 Å². The first-order valence-electron chi connectivity index (χ1n) is 7.25. The lowest BCUT2D eigenvalue weighted by molar-refractivity contribution is -0.133. The van der Waals surface area contributed by atoms with Gasteiger partial charge in [0.05, 0.1) is 12.4 Å². The number of carbonyl (C=O) groups excluding carboxylic acids is 1. The van der Waals surface area contributed by atoms with E-state index in [2.05, 4.69) is 10.3 Å². The van der Waals surface area contributed by atoms with Crippen molar-refractivity contribution in [3.8, 4) is 0 Å². The second kappa shape index (κ2) is 7.28. The minimum Gasteiger partial charge on any atom is -0.341 e. The summed E-state index contributed by atoms with van der Waals surface area (Å²) >= 11 is 0. The molecule has 2 heterocycles. The van der Waals surface area contributed by atoms with Crippen LogP contribution < -0.4 is 5.32 Å². The summed E-state index contributed by atoms with van der Waals surface area (Å²) in [4.78, 5) is 18.3. The Balaban J connectivity index is 1.72. The summed E-state index contributed by atoms with van der Waals surface area (Å²) in [5, 5.41) is 3.30. The second-order valence-electron chi connectivity index (χ2n) is 5.22. The first kappa shape index (κ1) is 14.1. The van der Waals surface area contributed by atoms with Crippen LogP contribution in [-0.2, 0) is 11.3 Å². The van der Waals surface area contributed by atoms with Crippen LogP contribution in [0.5, 0.6) is 0 Å². The monoisotopic (exact) mass is 264 g/mol. The van der Waals surface area contributed by atoms with Crippen molar-refractivity contribution in [2.45, 2.75) is 45.2 Å². The topological polar surface area (TPSA) is 50.2 Å². The quantitative estimate of drug-likeness (QED) is 0.871. The Morgan fingerprint density at radius 1 is 1.32 bits per heavy atom. The van der Waals surface area contributed by atoms with Crippen LogP contribution in [0.15, 0.2) is 18.7 Å². The number of rotatable bonds is 5. The number of likely N-dealkylation sites (tertiary alicyclic amines) is 1. The molecule has 0 saturated carbocycles. The number of carbonyl (C=O) groups is 1. The Morgan fingerprint density at radius 2 is 2.05 bits per heavy atom. The highest BCUT2D eigenvalue weighted by Gasteiger charge is 2.20. The fourth-order valence-corrected chi connectivity index (χ4v) is 2.48. The molecule has 1 aromatic rings. The van der Waals surface area contributed by atoms with Crippen molar-refractivity contribution in [2.24, 2.45) is 0 Å². The highest BCUT2D eigenvalue weighted by atomic mass is 16.2. The lowest BCUT2D eigenvalue weighted by atomic mass is 10.2. The largest absolute Gasteiger partial charge is 0.341 e. The van der Waals surface area contributed by atoms with Gasteiger partial charge in [-0.05, 0) is 19.8 Å². The zero-order chi connectivity index (χ0) is 13.5. The molecule has 0 aliphatic carbocycles. The third kappa shape index (κ3) is 4.35. The highest BCUT2D eigenvalue weighted by Crippen LogP contribution is 2.10. The molecule has 1 amide bonds. The summed E-state index contributed by atoms with van der Waals surface area (Å²) in [6, 6.07) is -0.0957. The van der Waals surface area contributed by atoms with Gasteiger partial charge in [-0.3, -0.25) is 4.79 Å². The van der Waals surface area contributed by atoms with Gasteiger partial charge >= 0.3 is 0 Å². The van der Waals surface area contributed by atoms with Crippen molar-refractivity contribution in [3.05, 3.63) is 18.7 Å². The van der Waals surface area contributed by atoms with E-state index >= 15 is 0 Å². The van der Waals surface area contributed by atoms with Crippen molar-refractivity contribution in [3.63, 3.8) is 0 Å².